The predicted octanol–water partition coefficient (Wildman–Crippen LogP) is 4.10. The first kappa shape index (κ1) is 15.4. The predicted molar refractivity (Wildman–Crippen MR) is 77.3 cm³/mol. The Hall–Kier alpha value is -1.00. The smallest absolute Gasteiger partial charge is 0.128 e. The van der Waals surface area contributed by atoms with Gasteiger partial charge in [0.1, 0.15) is 11.6 Å². The van der Waals surface area contributed by atoms with E-state index in [4.69, 9.17) is 0 Å². The molecule has 20 heavy (non-hydrogen) atoms. The van der Waals surface area contributed by atoms with Crippen LogP contribution in [0.4, 0.5) is 8.78 Å². The minimum absolute atomic E-state index is 0.242. The highest BCUT2D eigenvalue weighted by Crippen LogP contribution is 2.25. The normalized spacial score (nSPS) is 25.7. The lowest BCUT2D eigenvalue weighted by atomic mass is 9.99. The van der Waals surface area contributed by atoms with Crippen molar-refractivity contribution in [3.8, 4) is 0 Å². The van der Waals surface area contributed by atoms with E-state index in [0.717, 1.165) is 12.8 Å². The first-order valence-corrected chi connectivity index (χ1v) is 7.40. The standard InChI is InChI=1S/C16H24F2N2/c1-10-8-16(18)14(9-15(10)17)13(4)19-20-11(2)6-5-7-12(20)3/h8-9,11-13,19H,5-7H2,1-4H3. The van der Waals surface area contributed by atoms with Gasteiger partial charge in [-0.3, -0.25) is 0 Å². The van der Waals surface area contributed by atoms with Gasteiger partial charge in [0, 0.05) is 23.7 Å². The number of nitrogens with zero attached hydrogens (tertiary/aromatic N) is 1. The average Bonchev–Trinajstić information content (AvgIpc) is 2.38. The molecule has 3 atom stereocenters. The summed E-state index contributed by atoms with van der Waals surface area (Å²) in [6.45, 7) is 7.79. The third kappa shape index (κ3) is 3.18. The Balaban J connectivity index is 2.15. The highest BCUT2D eigenvalue weighted by atomic mass is 19.1. The Kier molecular flexibility index (Phi) is 4.76. The van der Waals surface area contributed by atoms with Crippen LogP contribution in [0.15, 0.2) is 12.1 Å². The third-order valence-electron chi connectivity index (χ3n) is 4.28. The van der Waals surface area contributed by atoms with E-state index in [2.05, 4.69) is 24.3 Å². The second-order valence-electron chi connectivity index (χ2n) is 6.01. The van der Waals surface area contributed by atoms with Crippen molar-refractivity contribution in [1.82, 2.24) is 10.4 Å². The molecular formula is C16H24F2N2. The van der Waals surface area contributed by atoms with Gasteiger partial charge < -0.3 is 0 Å². The van der Waals surface area contributed by atoms with Crippen LogP contribution in [0.1, 0.15) is 57.2 Å². The molecule has 0 spiro atoms. The number of nitrogens with one attached hydrogen (secondary N) is 1. The van der Waals surface area contributed by atoms with Crippen molar-refractivity contribution in [2.24, 2.45) is 0 Å². The van der Waals surface area contributed by atoms with Gasteiger partial charge in [0.05, 0.1) is 0 Å². The maximum Gasteiger partial charge on any atom is 0.128 e. The third-order valence-corrected chi connectivity index (χ3v) is 4.28. The molecule has 0 radical (unpaired) electrons. The lowest BCUT2D eigenvalue weighted by Gasteiger charge is -2.41. The van der Waals surface area contributed by atoms with E-state index in [0.29, 0.717) is 23.2 Å². The minimum atomic E-state index is -0.352. The van der Waals surface area contributed by atoms with Crippen LogP contribution < -0.4 is 5.43 Å². The van der Waals surface area contributed by atoms with E-state index in [9.17, 15) is 8.78 Å². The zero-order valence-electron chi connectivity index (χ0n) is 12.7. The van der Waals surface area contributed by atoms with Crippen molar-refractivity contribution in [2.75, 3.05) is 0 Å². The Bertz CT molecular complexity index is 466. The number of hydrogen-bond donors (Lipinski definition) is 1. The van der Waals surface area contributed by atoms with Gasteiger partial charge in [-0.2, -0.15) is 0 Å². The highest BCUT2D eigenvalue weighted by molar-refractivity contribution is 5.27. The van der Waals surface area contributed by atoms with Crippen molar-refractivity contribution in [3.63, 3.8) is 0 Å². The van der Waals surface area contributed by atoms with Crippen LogP contribution in [0.5, 0.6) is 0 Å². The fourth-order valence-corrected chi connectivity index (χ4v) is 2.96. The van der Waals surface area contributed by atoms with E-state index >= 15 is 0 Å². The number of benzene rings is 1. The second-order valence-corrected chi connectivity index (χ2v) is 6.01. The lowest BCUT2D eigenvalue weighted by Crippen LogP contribution is -2.52. The van der Waals surface area contributed by atoms with Crippen LogP contribution in [0.25, 0.3) is 0 Å². The van der Waals surface area contributed by atoms with Crippen LogP contribution in [-0.4, -0.2) is 17.1 Å². The maximum atomic E-state index is 14.0. The van der Waals surface area contributed by atoms with Crippen LogP contribution in [-0.2, 0) is 0 Å². The molecule has 4 heteroatoms. The molecule has 0 aliphatic carbocycles. The van der Waals surface area contributed by atoms with Gasteiger partial charge in [0.25, 0.3) is 0 Å². The van der Waals surface area contributed by atoms with E-state index in [1.807, 2.05) is 6.92 Å². The van der Waals surface area contributed by atoms with Gasteiger partial charge in [-0.25, -0.2) is 19.2 Å². The molecule has 1 aromatic carbocycles. The molecule has 1 aliphatic heterocycles. The monoisotopic (exact) mass is 282 g/mol. The summed E-state index contributed by atoms with van der Waals surface area (Å²) in [7, 11) is 0. The molecule has 2 nitrogen and oxygen atoms in total. The van der Waals surface area contributed by atoms with E-state index < -0.39 is 0 Å². The number of aryl methyl sites for hydroxylation is 1. The van der Waals surface area contributed by atoms with Crippen molar-refractivity contribution in [3.05, 3.63) is 34.9 Å². The Morgan fingerprint density at radius 2 is 1.75 bits per heavy atom. The molecule has 0 aromatic heterocycles. The summed E-state index contributed by atoms with van der Waals surface area (Å²) < 4.78 is 27.6. The molecular weight excluding hydrogens is 258 g/mol. The SMILES string of the molecule is Cc1cc(F)c(C(C)NN2C(C)CCCC2C)cc1F. The minimum Gasteiger partial charge on any atom is -0.247 e. The topological polar surface area (TPSA) is 15.3 Å². The molecule has 0 saturated carbocycles. The summed E-state index contributed by atoms with van der Waals surface area (Å²) in [5.41, 5.74) is 4.08. The average molecular weight is 282 g/mol. The quantitative estimate of drug-likeness (QED) is 0.898. The van der Waals surface area contributed by atoms with Crippen molar-refractivity contribution in [2.45, 2.75) is 65.1 Å². The van der Waals surface area contributed by atoms with Crippen molar-refractivity contribution < 1.29 is 8.78 Å². The molecule has 1 N–H and O–H groups in total. The van der Waals surface area contributed by atoms with Gasteiger partial charge in [-0.1, -0.05) is 6.42 Å². The summed E-state index contributed by atoms with van der Waals surface area (Å²) in [5, 5.41) is 2.19. The number of piperidine rings is 1. The first-order chi connectivity index (χ1) is 9.40. The summed E-state index contributed by atoms with van der Waals surface area (Å²) >= 11 is 0. The number of hydrogen-bond acceptors (Lipinski definition) is 2. The van der Waals surface area contributed by atoms with Gasteiger partial charge in [0.2, 0.25) is 0 Å². The van der Waals surface area contributed by atoms with Gasteiger partial charge in [0.15, 0.2) is 0 Å². The van der Waals surface area contributed by atoms with Gasteiger partial charge >= 0.3 is 0 Å². The van der Waals surface area contributed by atoms with E-state index in [1.54, 1.807) is 6.92 Å². The molecule has 1 aromatic rings. The molecule has 0 bridgehead atoms. The number of hydrazine groups is 1. The molecule has 3 unspecified atom stereocenters. The van der Waals surface area contributed by atoms with Crippen LogP contribution in [0.2, 0.25) is 0 Å². The molecule has 112 valence electrons. The fourth-order valence-electron chi connectivity index (χ4n) is 2.96. The van der Waals surface area contributed by atoms with E-state index in [-0.39, 0.29) is 17.7 Å². The van der Waals surface area contributed by atoms with Crippen LogP contribution in [0, 0.1) is 18.6 Å². The molecule has 1 aliphatic rings. The largest absolute Gasteiger partial charge is 0.247 e. The Morgan fingerprint density at radius 3 is 2.35 bits per heavy atom. The Labute approximate surface area is 120 Å². The lowest BCUT2D eigenvalue weighted by molar-refractivity contribution is 0.0314. The Morgan fingerprint density at radius 1 is 1.15 bits per heavy atom. The zero-order chi connectivity index (χ0) is 14.9. The van der Waals surface area contributed by atoms with Gasteiger partial charge in [-0.15, -0.1) is 0 Å². The molecule has 1 saturated heterocycles. The number of rotatable bonds is 3. The number of halogens is 2. The van der Waals surface area contributed by atoms with Crippen molar-refractivity contribution in [1.29, 1.82) is 0 Å². The summed E-state index contributed by atoms with van der Waals surface area (Å²) in [6, 6.07) is 3.17. The van der Waals surface area contributed by atoms with E-state index in [1.165, 1.54) is 18.6 Å². The maximum absolute atomic E-state index is 14.0. The first-order valence-electron chi connectivity index (χ1n) is 7.40. The highest BCUT2D eigenvalue weighted by Gasteiger charge is 2.26. The van der Waals surface area contributed by atoms with Crippen LogP contribution in [0.3, 0.4) is 0 Å². The molecule has 2 rings (SSSR count). The molecule has 0 amide bonds. The summed E-state index contributed by atoms with van der Waals surface area (Å²) in [5.74, 6) is -0.698. The second kappa shape index (κ2) is 6.19. The van der Waals surface area contributed by atoms with Gasteiger partial charge in [-0.05, 0) is 58.2 Å². The fraction of sp³-hybridized carbons (Fsp3) is 0.625. The zero-order valence-corrected chi connectivity index (χ0v) is 12.7. The molecule has 1 heterocycles. The van der Waals surface area contributed by atoms with Crippen molar-refractivity contribution >= 4 is 0 Å². The molecule has 1 fully saturated rings. The van der Waals surface area contributed by atoms with Crippen LogP contribution >= 0.6 is 0 Å². The summed E-state index contributed by atoms with van der Waals surface area (Å²) in [6.07, 6.45) is 3.49. The summed E-state index contributed by atoms with van der Waals surface area (Å²) in [4.78, 5) is 0.